The van der Waals surface area contributed by atoms with E-state index < -0.39 is 15.9 Å². The van der Waals surface area contributed by atoms with Gasteiger partial charge in [-0.3, -0.25) is 4.79 Å². The molecule has 3 rings (SSSR count). The molecule has 8 heteroatoms. The lowest BCUT2D eigenvalue weighted by atomic mass is 10.2. The Bertz CT molecular complexity index is 970. The predicted molar refractivity (Wildman–Crippen MR) is 114 cm³/mol. The largest absolute Gasteiger partial charge is 0.380 e. The predicted octanol–water partition coefficient (Wildman–Crippen LogP) is 4.30. The molecule has 0 aliphatic carbocycles. The van der Waals surface area contributed by atoms with Gasteiger partial charge in [0.05, 0.1) is 22.1 Å². The van der Waals surface area contributed by atoms with Crippen LogP contribution in [0.15, 0.2) is 47.4 Å². The summed E-state index contributed by atoms with van der Waals surface area (Å²) in [7, 11) is -2.07. The molecular weight excluding hydrogens is 412 g/mol. The van der Waals surface area contributed by atoms with Crippen molar-refractivity contribution in [2.24, 2.45) is 0 Å². The Labute approximate surface area is 176 Å². The summed E-state index contributed by atoms with van der Waals surface area (Å²) in [5, 5.41) is 2.98. The van der Waals surface area contributed by atoms with Crippen LogP contribution in [0.5, 0.6) is 0 Å². The molecule has 1 heterocycles. The summed E-state index contributed by atoms with van der Waals surface area (Å²) in [5.74, 6) is -0.461. The minimum atomic E-state index is -3.67. The minimum Gasteiger partial charge on any atom is -0.380 e. The molecule has 29 heavy (non-hydrogen) atoms. The van der Waals surface area contributed by atoms with E-state index in [1.807, 2.05) is 12.1 Å². The van der Waals surface area contributed by atoms with Gasteiger partial charge in [0.15, 0.2) is 0 Å². The molecule has 0 aromatic heterocycles. The fourth-order valence-corrected chi connectivity index (χ4v) is 5.12. The van der Waals surface area contributed by atoms with Gasteiger partial charge in [-0.1, -0.05) is 36.6 Å². The number of hydrogen-bond acceptors (Lipinski definition) is 4. The van der Waals surface area contributed by atoms with E-state index in [1.54, 1.807) is 19.2 Å². The van der Waals surface area contributed by atoms with Crippen molar-refractivity contribution in [3.63, 3.8) is 0 Å². The molecule has 156 valence electrons. The van der Waals surface area contributed by atoms with Gasteiger partial charge in [-0.25, -0.2) is 8.42 Å². The molecule has 1 amide bonds. The van der Waals surface area contributed by atoms with Gasteiger partial charge in [0.2, 0.25) is 10.0 Å². The molecule has 1 N–H and O–H groups in total. The SMILES string of the molecule is COCc1cccc(NC(=O)c2cc(S(=O)(=O)N3CCCCCC3)ccc2Cl)c1. The number of ether oxygens (including phenoxy) is 1. The van der Waals surface area contributed by atoms with Gasteiger partial charge in [-0.2, -0.15) is 4.31 Å². The first-order valence-electron chi connectivity index (χ1n) is 9.61. The number of carbonyl (C=O) groups excluding carboxylic acids is 1. The Hall–Kier alpha value is -1.93. The average Bonchev–Trinajstić information content (AvgIpc) is 2.99. The second-order valence-electron chi connectivity index (χ2n) is 7.05. The molecule has 0 radical (unpaired) electrons. The lowest BCUT2D eigenvalue weighted by molar-refractivity contribution is 0.102. The number of halogens is 1. The van der Waals surface area contributed by atoms with E-state index in [1.165, 1.54) is 22.5 Å². The van der Waals surface area contributed by atoms with Crippen LogP contribution in [-0.2, 0) is 21.4 Å². The lowest BCUT2D eigenvalue weighted by Gasteiger charge is -2.20. The van der Waals surface area contributed by atoms with Crippen molar-refractivity contribution >= 4 is 33.2 Å². The summed E-state index contributed by atoms with van der Waals surface area (Å²) in [4.78, 5) is 12.9. The van der Waals surface area contributed by atoms with Crippen molar-refractivity contribution < 1.29 is 17.9 Å². The number of carbonyl (C=O) groups is 1. The average molecular weight is 437 g/mol. The molecule has 0 unspecified atom stereocenters. The summed E-state index contributed by atoms with van der Waals surface area (Å²) in [6.45, 7) is 1.42. The highest BCUT2D eigenvalue weighted by molar-refractivity contribution is 7.89. The highest BCUT2D eigenvalue weighted by atomic mass is 35.5. The maximum absolute atomic E-state index is 13.0. The Kier molecular flexibility index (Phi) is 7.29. The number of nitrogens with zero attached hydrogens (tertiary/aromatic N) is 1. The molecule has 1 saturated heterocycles. The van der Waals surface area contributed by atoms with Crippen LogP contribution < -0.4 is 5.32 Å². The number of rotatable bonds is 6. The van der Waals surface area contributed by atoms with E-state index in [2.05, 4.69) is 5.32 Å². The molecule has 2 aromatic rings. The fourth-order valence-electron chi connectivity index (χ4n) is 3.37. The Balaban J connectivity index is 1.84. The fraction of sp³-hybridized carbons (Fsp3) is 0.381. The smallest absolute Gasteiger partial charge is 0.257 e. The quantitative estimate of drug-likeness (QED) is 0.732. The first kappa shape index (κ1) is 21.8. The normalized spacial score (nSPS) is 15.7. The maximum Gasteiger partial charge on any atom is 0.257 e. The second kappa shape index (κ2) is 9.71. The van der Waals surface area contributed by atoms with Crippen molar-refractivity contribution in [2.75, 3.05) is 25.5 Å². The summed E-state index contributed by atoms with van der Waals surface area (Å²) in [6, 6.07) is 11.5. The Morgan fingerprint density at radius 2 is 1.83 bits per heavy atom. The van der Waals surface area contributed by atoms with Gasteiger partial charge >= 0.3 is 0 Å². The van der Waals surface area contributed by atoms with E-state index in [-0.39, 0.29) is 15.5 Å². The second-order valence-corrected chi connectivity index (χ2v) is 9.39. The molecule has 0 spiro atoms. The van der Waals surface area contributed by atoms with E-state index >= 15 is 0 Å². The third kappa shape index (κ3) is 5.36. The summed E-state index contributed by atoms with van der Waals surface area (Å²) in [5.41, 5.74) is 1.62. The standard InChI is InChI=1S/C21H25ClN2O4S/c1-28-15-16-7-6-8-17(13-16)23-21(25)19-14-18(9-10-20(19)22)29(26,27)24-11-4-2-3-5-12-24/h6-10,13-14H,2-5,11-12,15H2,1H3,(H,23,25). The van der Waals surface area contributed by atoms with Crippen LogP contribution in [0.3, 0.4) is 0 Å². The highest BCUT2D eigenvalue weighted by Crippen LogP contribution is 2.26. The minimum absolute atomic E-state index is 0.0853. The van der Waals surface area contributed by atoms with E-state index in [9.17, 15) is 13.2 Å². The first-order valence-corrected chi connectivity index (χ1v) is 11.4. The monoisotopic (exact) mass is 436 g/mol. The number of hydrogen-bond donors (Lipinski definition) is 1. The van der Waals surface area contributed by atoms with E-state index in [4.69, 9.17) is 16.3 Å². The zero-order valence-electron chi connectivity index (χ0n) is 16.4. The van der Waals surface area contributed by atoms with E-state index in [0.29, 0.717) is 25.4 Å². The third-order valence-electron chi connectivity index (χ3n) is 4.88. The molecule has 1 aliphatic heterocycles. The molecule has 2 aromatic carbocycles. The van der Waals surface area contributed by atoms with Gasteiger partial charge in [0.1, 0.15) is 0 Å². The van der Waals surface area contributed by atoms with Crippen LogP contribution in [0, 0.1) is 0 Å². The third-order valence-corrected chi connectivity index (χ3v) is 7.11. The molecule has 6 nitrogen and oxygen atoms in total. The number of benzene rings is 2. The van der Waals surface area contributed by atoms with Crippen LogP contribution >= 0.6 is 11.6 Å². The summed E-state index contributed by atoms with van der Waals surface area (Å²) in [6.07, 6.45) is 3.75. The summed E-state index contributed by atoms with van der Waals surface area (Å²) < 4.78 is 32.7. The molecule has 0 saturated carbocycles. The van der Waals surface area contributed by atoms with Gasteiger partial charge < -0.3 is 10.1 Å². The lowest BCUT2D eigenvalue weighted by Crippen LogP contribution is -2.32. The van der Waals surface area contributed by atoms with Gasteiger partial charge in [0.25, 0.3) is 5.91 Å². The van der Waals surface area contributed by atoms with Crippen molar-refractivity contribution in [3.05, 3.63) is 58.6 Å². The van der Waals surface area contributed by atoms with E-state index in [0.717, 1.165) is 31.2 Å². The number of methoxy groups -OCH3 is 1. The van der Waals surface area contributed by atoms with Gasteiger partial charge in [0, 0.05) is 25.9 Å². The highest BCUT2D eigenvalue weighted by Gasteiger charge is 2.26. The van der Waals surface area contributed by atoms with Gasteiger partial charge in [-0.05, 0) is 48.7 Å². The zero-order chi connectivity index (χ0) is 20.9. The summed E-state index contributed by atoms with van der Waals surface area (Å²) >= 11 is 6.21. The van der Waals surface area contributed by atoms with Gasteiger partial charge in [-0.15, -0.1) is 0 Å². The number of amides is 1. The molecule has 0 atom stereocenters. The van der Waals surface area contributed by atoms with Crippen molar-refractivity contribution in [1.29, 1.82) is 0 Å². The van der Waals surface area contributed by atoms with Crippen LogP contribution in [0.1, 0.15) is 41.6 Å². The zero-order valence-corrected chi connectivity index (χ0v) is 17.9. The molecular formula is C21H25ClN2O4S. The van der Waals surface area contributed by atoms with Crippen LogP contribution in [0.2, 0.25) is 5.02 Å². The van der Waals surface area contributed by atoms with Crippen LogP contribution in [0.25, 0.3) is 0 Å². The Morgan fingerprint density at radius 3 is 2.52 bits per heavy atom. The van der Waals surface area contributed by atoms with Crippen molar-refractivity contribution in [3.8, 4) is 0 Å². The van der Waals surface area contributed by atoms with Crippen LogP contribution in [-0.4, -0.2) is 38.8 Å². The topological polar surface area (TPSA) is 75.7 Å². The molecule has 1 aliphatic rings. The Morgan fingerprint density at radius 1 is 1.10 bits per heavy atom. The number of sulfonamides is 1. The molecule has 1 fully saturated rings. The first-order chi connectivity index (χ1) is 13.9. The maximum atomic E-state index is 13.0. The van der Waals surface area contributed by atoms with Crippen LogP contribution in [0.4, 0.5) is 5.69 Å². The van der Waals surface area contributed by atoms with Crippen molar-refractivity contribution in [1.82, 2.24) is 4.31 Å². The number of nitrogens with one attached hydrogen (secondary N) is 1. The molecule has 0 bridgehead atoms. The number of anilines is 1. The van der Waals surface area contributed by atoms with Crippen molar-refractivity contribution in [2.45, 2.75) is 37.2 Å².